The fourth-order valence-corrected chi connectivity index (χ4v) is 4.35. The van der Waals surface area contributed by atoms with Gasteiger partial charge >= 0.3 is 0 Å². The lowest BCUT2D eigenvalue weighted by molar-refractivity contribution is 0.234. The smallest absolute Gasteiger partial charge is 0.239 e. The zero-order valence-corrected chi connectivity index (χ0v) is 13.0. The van der Waals surface area contributed by atoms with E-state index in [-0.39, 0.29) is 6.10 Å². The molecular weight excluding hydrogens is 278 g/mol. The number of nitrogens with one attached hydrogen (secondary N) is 1. The standard InChI is InChI=1S/C13H21N3OS2/c1-9(2)17-13-11(14)3-4-12(16-13)15-7-10-8-18-5-6-19-10/h3-4,9-10H,5-8,14H2,1-2H3,(H,15,16). The summed E-state index contributed by atoms with van der Waals surface area (Å²) in [5, 5.41) is 4.03. The summed E-state index contributed by atoms with van der Waals surface area (Å²) in [6.07, 6.45) is 0.0790. The zero-order chi connectivity index (χ0) is 13.7. The number of hydrogen-bond donors (Lipinski definition) is 2. The van der Waals surface area contributed by atoms with Crippen LogP contribution in [-0.2, 0) is 0 Å². The Kier molecular flexibility index (Phi) is 5.51. The van der Waals surface area contributed by atoms with Gasteiger partial charge in [0, 0.05) is 29.1 Å². The van der Waals surface area contributed by atoms with Crippen molar-refractivity contribution < 1.29 is 4.74 Å². The first-order chi connectivity index (χ1) is 9.15. The summed E-state index contributed by atoms with van der Waals surface area (Å²) in [6, 6.07) is 3.75. The molecular formula is C13H21N3OS2. The Balaban J connectivity index is 1.92. The van der Waals surface area contributed by atoms with E-state index < -0.39 is 0 Å². The van der Waals surface area contributed by atoms with Gasteiger partial charge < -0.3 is 15.8 Å². The first-order valence-corrected chi connectivity index (χ1v) is 8.72. The molecule has 0 aromatic carbocycles. The van der Waals surface area contributed by atoms with Crippen molar-refractivity contribution in [1.82, 2.24) is 4.98 Å². The molecule has 0 saturated carbocycles. The summed E-state index contributed by atoms with van der Waals surface area (Å²) in [5.41, 5.74) is 6.44. The molecule has 106 valence electrons. The van der Waals surface area contributed by atoms with E-state index in [0.29, 0.717) is 16.8 Å². The highest BCUT2D eigenvalue weighted by molar-refractivity contribution is 8.06. The third-order valence-corrected chi connectivity index (χ3v) is 5.48. The number of thioether (sulfide) groups is 2. The number of aromatic nitrogens is 1. The van der Waals surface area contributed by atoms with Gasteiger partial charge in [0.1, 0.15) is 5.82 Å². The maximum absolute atomic E-state index is 5.85. The summed E-state index contributed by atoms with van der Waals surface area (Å²) >= 11 is 4.06. The molecule has 1 atom stereocenters. The summed E-state index contributed by atoms with van der Waals surface area (Å²) < 4.78 is 5.59. The molecule has 4 nitrogen and oxygen atoms in total. The van der Waals surface area contributed by atoms with Gasteiger partial charge in [-0.15, -0.1) is 0 Å². The van der Waals surface area contributed by atoms with E-state index in [2.05, 4.69) is 10.3 Å². The van der Waals surface area contributed by atoms with E-state index in [9.17, 15) is 0 Å². The van der Waals surface area contributed by atoms with Crippen molar-refractivity contribution in [3.63, 3.8) is 0 Å². The molecule has 0 aliphatic carbocycles. The molecule has 0 amide bonds. The fourth-order valence-electron chi connectivity index (χ4n) is 1.74. The Labute approximate surface area is 123 Å². The monoisotopic (exact) mass is 299 g/mol. The molecule has 1 saturated heterocycles. The van der Waals surface area contributed by atoms with Crippen molar-refractivity contribution in [2.45, 2.75) is 25.2 Å². The number of nitrogen functional groups attached to an aromatic ring is 1. The largest absolute Gasteiger partial charge is 0.473 e. The highest BCUT2D eigenvalue weighted by atomic mass is 32.2. The van der Waals surface area contributed by atoms with E-state index in [1.807, 2.05) is 49.5 Å². The van der Waals surface area contributed by atoms with Gasteiger partial charge in [0.15, 0.2) is 0 Å². The van der Waals surface area contributed by atoms with Gasteiger partial charge in [0.05, 0.1) is 11.8 Å². The van der Waals surface area contributed by atoms with Crippen LogP contribution < -0.4 is 15.8 Å². The SMILES string of the molecule is CC(C)Oc1nc(NCC2CSCCS2)ccc1N. The Morgan fingerprint density at radius 1 is 1.47 bits per heavy atom. The Hall–Kier alpha value is -0.750. The topological polar surface area (TPSA) is 60.2 Å². The summed E-state index contributed by atoms with van der Waals surface area (Å²) in [4.78, 5) is 4.42. The van der Waals surface area contributed by atoms with Crippen molar-refractivity contribution in [2.75, 3.05) is 34.9 Å². The number of pyridine rings is 1. The van der Waals surface area contributed by atoms with E-state index in [0.717, 1.165) is 12.4 Å². The lowest BCUT2D eigenvalue weighted by atomic mass is 10.3. The third kappa shape index (κ3) is 4.69. The normalized spacial score (nSPS) is 19.4. The molecule has 3 N–H and O–H groups in total. The van der Waals surface area contributed by atoms with E-state index in [4.69, 9.17) is 10.5 Å². The van der Waals surface area contributed by atoms with Gasteiger partial charge in [-0.25, -0.2) is 0 Å². The molecule has 1 fully saturated rings. The molecule has 19 heavy (non-hydrogen) atoms. The third-order valence-electron chi connectivity index (χ3n) is 2.63. The molecule has 1 aromatic rings. The van der Waals surface area contributed by atoms with Crippen molar-refractivity contribution in [2.24, 2.45) is 0 Å². The minimum atomic E-state index is 0.0790. The quantitative estimate of drug-likeness (QED) is 0.872. The van der Waals surface area contributed by atoms with Crippen molar-refractivity contribution in [3.8, 4) is 5.88 Å². The van der Waals surface area contributed by atoms with E-state index >= 15 is 0 Å². The number of nitrogens with zero attached hydrogens (tertiary/aromatic N) is 1. The van der Waals surface area contributed by atoms with Gasteiger partial charge in [-0.3, -0.25) is 0 Å². The van der Waals surface area contributed by atoms with Gasteiger partial charge in [-0.1, -0.05) is 0 Å². The second-order valence-corrected chi connectivity index (χ2v) is 7.26. The van der Waals surface area contributed by atoms with Gasteiger partial charge in [0.25, 0.3) is 0 Å². The number of ether oxygens (including phenoxy) is 1. The first-order valence-electron chi connectivity index (χ1n) is 6.51. The number of hydrogen-bond acceptors (Lipinski definition) is 6. The second-order valence-electron chi connectivity index (χ2n) is 4.71. The van der Waals surface area contributed by atoms with Crippen LogP contribution in [0.3, 0.4) is 0 Å². The highest BCUT2D eigenvalue weighted by Gasteiger charge is 2.14. The molecule has 0 spiro atoms. The van der Waals surface area contributed by atoms with E-state index in [1.165, 1.54) is 17.3 Å². The van der Waals surface area contributed by atoms with Crippen molar-refractivity contribution >= 4 is 35.0 Å². The van der Waals surface area contributed by atoms with Crippen LogP contribution in [0.25, 0.3) is 0 Å². The van der Waals surface area contributed by atoms with Gasteiger partial charge in [-0.05, 0) is 26.0 Å². The molecule has 0 bridgehead atoms. The summed E-state index contributed by atoms with van der Waals surface area (Å²) in [5.74, 6) is 5.08. The summed E-state index contributed by atoms with van der Waals surface area (Å²) in [6.45, 7) is 4.88. The van der Waals surface area contributed by atoms with Crippen LogP contribution >= 0.6 is 23.5 Å². The number of anilines is 2. The lowest BCUT2D eigenvalue weighted by Crippen LogP contribution is -2.23. The molecule has 2 rings (SSSR count). The molecule has 1 aliphatic rings. The predicted molar refractivity (Wildman–Crippen MR) is 86.5 cm³/mol. The molecule has 2 heterocycles. The van der Waals surface area contributed by atoms with Crippen LogP contribution in [0, 0.1) is 0 Å². The minimum absolute atomic E-state index is 0.0790. The maximum atomic E-state index is 5.85. The average molecular weight is 299 g/mol. The van der Waals surface area contributed by atoms with Crippen LogP contribution in [0.2, 0.25) is 0 Å². The number of nitrogens with two attached hydrogens (primary N) is 1. The lowest BCUT2D eigenvalue weighted by Gasteiger charge is -2.21. The van der Waals surface area contributed by atoms with Gasteiger partial charge in [-0.2, -0.15) is 28.5 Å². The molecule has 1 unspecified atom stereocenters. The molecule has 6 heteroatoms. The zero-order valence-electron chi connectivity index (χ0n) is 11.4. The Bertz CT molecular complexity index is 409. The second kappa shape index (κ2) is 7.14. The maximum Gasteiger partial charge on any atom is 0.239 e. The van der Waals surface area contributed by atoms with Crippen LogP contribution in [0.15, 0.2) is 12.1 Å². The van der Waals surface area contributed by atoms with E-state index in [1.54, 1.807) is 0 Å². The van der Waals surface area contributed by atoms with Crippen LogP contribution in [0.5, 0.6) is 5.88 Å². The Morgan fingerprint density at radius 2 is 2.32 bits per heavy atom. The Morgan fingerprint density at radius 3 is 3.00 bits per heavy atom. The number of rotatable bonds is 5. The molecule has 1 aromatic heterocycles. The van der Waals surface area contributed by atoms with Crippen molar-refractivity contribution in [1.29, 1.82) is 0 Å². The van der Waals surface area contributed by atoms with Crippen molar-refractivity contribution in [3.05, 3.63) is 12.1 Å². The summed E-state index contributed by atoms with van der Waals surface area (Å²) in [7, 11) is 0. The predicted octanol–water partition coefficient (Wildman–Crippen LogP) is 2.71. The fraction of sp³-hybridized carbons (Fsp3) is 0.615. The molecule has 1 aliphatic heterocycles. The minimum Gasteiger partial charge on any atom is -0.473 e. The van der Waals surface area contributed by atoms with Crippen LogP contribution in [-0.4, -0.2) is 40.1 Å². The first kappa shape index (κ1) is 14.7. The highest BCUT2D eigenvalue weighted by Crippen LogP contribution is 2.25. The van der Waals surface area contributed by atoms with Gasteiger partial charge in [0.2, 0.25) is 5.88 Å². The molecule has 0 radical (unpaired) electrons. The van der Waals surface area contributed by atoms with Crippen LogP contribution in [0.4, 0.5) is 11.5 Å². The van der Waals surface area contributed by atoms with Crippen LogP contribution in [0.1, 0.15) is 13.8 Å². The average Bonchev–Trinajstić information content (AvgIpc) is 2.40.